The molecule has 6 nitrogen and oxygen atoms in total. The zero-order valence-electron chi connectivity index (χ0n) is 9.84. The van der Waals surface area contributed by atoms with Crippen molar-refractivity contribution in [3.63, 3.8) is 0 Å². The lowest BCUT2D eigenvalue weighted by Gasteiger charge is -2.18. The standard InChI is InChI=1S/C11H13N3O3S/c1-3-4-14(7-10(15)16)11(17)13-6-9-5-12-8(2)18-9/h1,5H,4,6-7H2,2H3,(H,13,17)(H,15,16). The first-order chi connectivity index (χ1) is 8.52. The number of carboxylic acid groups (broad SMARTS) is 1. The van der Waals surface area contributed by atoms with Crippen LogP contribution in [0.15, 0.2) is 6.20 Å². The van der Waals surface area contributed by atoms with Crippen molar-refractivity contribution in [3.05, 3.63) is 16.1 Å². The Bertz CT molecular complexity index is 478. The summed E-state index contributed by atoms with van der Waals surface area (Å²) in [5.74, 6) is 1.15. The van der Waals surface area contributed by atoms with E-state index in [0.29, 0.717) is 6.54 Å². The van der Waals surface area contributed by atoms with Gasteiger partial charge in [0.2, 0.25) is 0 Å². The summed E-state index contributed by atoms with van der Waals surface area (Å²) in [6, 6.07) is -0.499. The Labute approximate surface area is 109 Å². The average Bonchev–Trinajstić information content (AvgIpc) is 2.71. The van der Waals surface area contributed by atoms with E-state index >= 15 is 0 Å². The summed E-state index contributed by atoms with van der Waals surface area (Å²) in [6.45, 7) is 1.72. The molecule has 0 unspecified atom stereocenters. The molecule has 0 radical (unpaired) electrons. The van der Waals surface area contributed by atoms with Crippen LogP contribution in [0, 0.1) is 19.3 Å². The first-order valence-corrected chi connectivity index (χ1v) is 5.94. The fraction of sp³-hybridized carbons (Fsp3) is 0.364. The van der Waals surface area contributed by atoms with Gasteiger partial charge in [0.15, 0.2) is 0 Å². The molecule has 1 aromatic heterocycles. The topological polar surface area (TPSA) is 82.5 Å². The molecule has 0 aliphatic heterocycles. The minimum atomic E-state index is -1.10. The third-order valence-electron chi connectivity index (χ3n) is 1.98. The number of terminal acetylenes is 1. The largest absolute Gasteiger partial charge is 0.480 e. The SMILES string of the molecule is C#CCN(CC(=O)O)C(=O)NCc1cnc(C)s1. The fourth-order valence-electron chi connectivity index (χ4n) is 1.23. The molecule has 96 valence electrons. The quantitative estimate of drug-likeness (QED) is 0.769. The number of nitrogens with zero attached hydrogens (tertiary/aromatic N) is 2. The zero-order valence-corrected chi connectivity index (χ0v) is 10.7. The summed E-state index contributed by atoms with van der Waals surface area (Å²) in [4.78, 5) is 28.3. The maximum absolute atomic E-state index is 11.7. The van der Waals surface area contributed by atoms with Crippen LogP contribution in [0.25, 0.3) is 0 Å². The van der Waals surface area contributed by atoms with Crippen LogP contribution < -0.4 is 5.32 Å². The van der Waals surface area contributed by atoms with Crippen molar-refractivity contribution in [2.45, 2.75) is 13.5 Å². The molecule has 2 amide bonds. The van der Waals surface area contributed by atoms with Crippen molar-refractivity contribution in [1.29, 1.82) is 0 Å². The Balaban J connectivity index is 2.51. The zero-order chi connectivity index (χ0) is 13.5. The number of carbonyl (C=O) groups is 2. The van der Waals surface area contributed by atoms with Crippen molar-refractivity contribution in [1.82, 2.24) is 15.2 Å². The van der Waals surface area contributed by atoms with Gasteiger partial charge in [0, 0.05) is 11.1 Å². The maximum Gasteiger partial charge on any atom is 0.323 e. The van der Waals surface area contributed by atoms with Crippen LogP contribution in [0.1, 0.15) is 9.88 Å². The summed E-state index contributed by atoms with van der Waals surface area (Å²) >= 11 is 1.47. The van der Waals surface area contributed by atoms with Crippen LogP contribution in [0.4, 0.5) is 4.79 Å². The van der Waals surface area contributed by atoms with E-state index in [2.05, 4.69) is 16.2 Å². The van der Waals surface area contributed by atoms with Crippen LogP contribution in [-0.4, -0.2) is 40.1 Å². The first-order valence-electron chi connectivity index (χ1n) is 5.12. The van der Waals surface area contributed by atoms with Crippen molar-refractivity contribution >= 4 is 23.3 Å². The third kappa shape index (κ3) is 4.43. The molecule has 0 spiro atoms. The van der Waals surface area contributed by atoms with E-state index in [1.54, 1.807) is 6.20 Å². The number of carboxylic acids is 1. The van der Waals surface area contributed by atoms with Gasteiger partial charge >= 0.3 is 12.0 Å². The Morgan fingerprint density at radius 1 is 1.67 bits per heavy atom. The van der Waals surface area contributed by atoms with Crippen LogP contribution in [0.3, 0.4) is 0 Å². The van der Waals surface area contributed by atoms with Gasteiger partial charge in [0.25, 0.3) is 0 Å². The van der Waals surface area contributed by atoms with Gasteiger partial charge in [-0.25, -0.2) is 9.78 Å². The average molecular weight is 267 g/mol. The number of hydrogen-bond donors (Lipinski definition) is 2. The lowest BCUT2D eigenvalue weighted by molar-refractivity contribution is -0.137. The van der Waals surface area contributed by atoms with Crippen LogP contribution in [0.5, 0.6) is 0 Å². The minimum Gasteiger partial charge on any atom is -0.480 e. The minimum absolute atomic E-state index is 0.0418. The molecule has 0 fully saturated rings. The van der Waals surface area contributed by atoms with E-state index in [-0.39, 0.29) is 6.54 Å². The van der Waals surface area contributed by atoms with Crippen molar-refractivity contribution in [2.75, 3.05) is 13.1 Å². The highest BCUT2D eigenvalue weighted by Gasteiger charge is 2.15. The fourth-order valence-corrected chi connectivity index (χ4v) is 1.97. The lowest BCUT2D eigenvalue weighted by Crippen LogP contribution is -2.42. The number of carbonyl (C=O) groups excluding carboxylic acids is 1. The highest BCUT2D eigenvalue weighted by Crippen LogP contribution is 2.10. The van der Waals surface area contributed by atoms with Crippen molar-refractivity contribution < 1.29 is 14.7 Å². The summed E-state index contributed by atoms with van der Waals surface area (Å²) < 4.78 is 0. The molecule has 1 heterocycles. The van der Waals surface area contributed by atoms with E-state index in [1.165, 1.54) is 11.3 Å². The smallest absolute Gasteiger partial charge is 0.323 e. The number of aromatic nitrogens is 1. The van der Waals surface area contributed by atoms with Gasteiger partial charge in [-0.15, -0.1) is 17.8 Å². The Hall–Kier alpha value is -2.07. The number of urea groups is 1. The highest BCUT2D eigenvalue weighted by atomic mass is 32.1. The number of amides is 2. The van der Waals surface area contributed by atoms with E-state index in [0.717, 1.165) is 14.8 Å². The predicted molar refractivity (Wildman–Crippen MR) is 67.1 cm³/mol. The lowest BCUT2D eigenvalue weighted by atomic mass is 10.5. The molecule has 1 aromatic rings. The van der Waals surface area contributed by atoms with E-state index in [9.17, 15) is 9.59 Å². The molecule has 0 saturated carbocycles. The van der Waals surface area contributed by atoms with Crippen LogP contribution in [0.2, 0.25) is 0 Å². The number of aliphatic carboxylic acids is 1. The summed E-state index contributed by atoms with van der Waals surface area (Å²) in [7, 11) is 0. The second kappa shape index (κ2) is 6.61. The molecule has 7 heteroatoms. The monoisotopic (exact) mass is 267 g/mol. The molecular formula is C11H13N3O3S. The molecule has 0 atom stereocenters. The second-order valence-corrected chi connectivity index (χ2v) is 4.78. The van der Waals surface area contributed by atoms with Gasteiger partial charge < -0.3 is 15.3 Å². The summed E-state index contributed by atoms with van der Waals surface area (Å²) in [5, 5.41) is 12.2. The summed E-state index contributed by atoms with van der Waals surface area (Å²) in [6.07, 6.45) is 6.75. The van der Waals surface area contributed by atoms with E-state index < -0.39 is 18.5 Å². The van der Waals surface area contributed by atoms with Gasteiger partial charge in [-0.1, -0.05) is 5.92 Å². The Morgan fingerprint density at radius 2 is 2.39 bits per heavy atom. The van der Waals surface area contributed by atoms with Crippen molar-refractivity contribution in [2.24, 2.45) is 0 Å². The number of thiazole rings is 1. The molecule has 0 aliphatic rings. The van der Waals surface area contributed by atoms with Gasteiger partial charge in [-0.2, -0.15) is 0 Å². The van der Waals surface area contributed by atoms with Gasteiger partial charge in [-0.05, 0) is 6.92 Å². The Kier molecular flexibility index (Phi) is 5.14. The third-order valence-corrected chi connectivity index (χ3v) is 2.89. The van der Waals surface area contributed by atoms with E-state index in [4.69, 9.17) is 11.5 Å². The van der Waals surface area contributed by atoms with Gasteiger partial charge in [0.05, 0.1) is 18.1 Å². The molecule has 0 aliphatic carbocycles. The molecule has 1 rings (SSSR count). The maximum atomic E-state index is 11.7. The van der Waals surface area contributed by atoms with Crippen LogP contribution in [-0.2, 0) is 11.3 Å². The Morgan fingerprint density at radius 3 is 2.89 bits per heavy atom. The molecule has 0 aromatic carbocycles. The molecule has 0 saturated heterocycles. The number of aryl methyl sites for hydroxylation is 1. The summed E-state index contributed by atoms with van der Waals surface area (Å²) in [5.41, 5.74) is 0. The van der Waals surface area contributed by atoms with E-state index in [1.807, 2.05) is 6.92 Å². The number of hydrogen-bond acceptors (Lipinski definition) is 4. The van der Waals surface area contributed by atoms with Gasteiger partial charge in [0.1, 0.15) is 6.54 Å². The molecular weight excluding hydrogens is 254 g/mol. The van der Waals surface area contributed by atoms with Gasteiger partial charge in [-0.3, -0.25) is 4.79 Å². The number of nitrogens with one attached hydrogen (secondary N) is 1. The molecule has 2 N–H and O–H groups in total. The molecule has 0 bridgehead atoms. The van der Waals surface area contributed by atoms with Crippen molar-refractivity contribution in [3.8, 4) is 12.3 Å². The number of rotatable bonds is 5. The predicted octanol–water partition coefficient (Wildman–Crippen LogP) is 0.681. The first kappa shape index (κ1) is 14.0. The normalized spacial score (nSPS) is 9.56. The second-order valence-electron chi connectivity index (χ2n) is 3.46. The highest BCUT2D eigenvalue weighted by molar-refractivity contribution is 7.11. The van der Waals surface area contributed by atoms with Crippen LogP contribution >= 0.6 is 11.3 Å². The molecule has 18 heavy (non-hydrogen) atoms.